The van der Waals surface area contributed by atoms with Gasteiger partial charge in [-0.2, -0.15) is 0 Å². The van der Waals surface area contributed by atoms with Crippen molar-refractivity contribution < 1.29 is 24.2 Å². The fourth-order valence-corrected chi connectivity index (χ4v) is 1.41. The number of hydrogen-bond donors (Lipinski definition) is 3. The molecule has 0 heterocycles. The molecule has 92 valence electrons. The topological polar surface area (TPSA) is 101 Å². The van der Waals surface area contributed by atoms with Gasteiger partial charge in [-0.15, -0.1) is 0 Å². The zero-order chi connectivity index (χ0) is 13.0. The number of rotatable bonds is 5. The van der Waals surface area contributed by atoms with Gasteiger partial charge in [0, 0.05) is 5.56 Å². The van der Waals surface area contributed by atoms with Gasteiger partial charge in [-0.3, -0.25) is 9.59 Å². The van der Waals surface area contributed by atoms with E-state index < -0.39 is 30.4 Å². The van der Waals surface area contributed by atoms with E-state index in [1.54, 1.807) is 0 Å². The molecule has 0 aromatic heterocycles. The van der Waals surface area contributed by atoms with E-state index in [9.17, 15) is 24.2 Å². The average Bonchev–Trinajstić information content (AvgIpc) is 2.27. The molecule has 2 atom stereocenters. The molecule has 1 aromatic carbocycles. The molecule has 0 aliphatic heterocycles. The molecule has 0 fully saturated rings. The second-order valence-electron chi connectivity index (χ2n) is 3.55. The van der Waals surface area contributed by atoms with Crippen molar-refractivity contribution in [3.05, 3.63) is 35.1 Å². The van der Waals surface area contributed by atoms with Crippen molar-refractivity contribution in [1.29, 1.82) is 0 Å². The highest BCUT2D eigenvalue weighted by molar-refractivity contribution is 5.76. The molecule has 0 aliphatic carbocycles. The van der Waals surface area contributed by atoms with Crippen molar-refractivity contribution in [3.63, 3.8) is 0 Å². The summed E-state index contributed by atoms with van der Waals surface area (Å²) in [5.41, 5.74) is 4.37. The van der Waals surface area contributed by atoms with E-state index in [1.807, 2.05) is 0 Å². The second kappa shape index (κ2) is 5.51. The third-order valence-electron chi connectivity index (χ3n) is 2.28. The summed E-state index contributed by atoms with van der Waals surface area (Å²) in [6.07, 6.45) is -3.32. The molecule has 4 N–H and O–H groups in total. The molecule has 0 radical (unpaired) electrons. The van der Waals surface area contributed by atoms with Crippen LogP contribution >= 0.6 is 0 Å². The quantitative estimate of drug-likeness (QED) is 0.627. The van der Waals surface area contributed by atoms with Gasteiger partial charge in [-0.05, 0) is 6.07 Å². The fourth-order valence-electron chi connectivity index (χ4n) is 1.41. The first-order valence-corrected chi connectivity index (χ1v) is 4.85. The van der Waals surface area contributed by atoms with Crippen molar-refractivity contribution in [2.45, 2.75) is 18.6 Å². The minimum absolute atomic E-state index is 0.229. The molecule has 6 heteroatoms. The second-order valence-corrected chi connectivity index (χ2v) is 3.55. The van der Waals surface area contributed by atoms with Crippen molar-refractivity contribution in [1.82, 2.24) is 0 Å². The van der Waals surface area contributed by atoms with Gasteiger partial charge in [0.25, 0.3) is 0 Å². The van der Waals surface area contributed by atoms with Crippen LogP contribution in [0.25, 0.3) is 0 Å². The third-order valence-corrected chi connectivity index (χ3v) is 2.28. The molecule has 0 saturated carbocycles. The Labute approximate surface area is 96.7 Å². The summed E-state index contributed by atoms with van der Waals surface area (Å²) in [5, 5.41) is 19.0. The Morgan fingerprint density at radius 3 is 2.65 bits per heavy atom. The Bertz CT molecular complexity index is 435. The van der Waals surface area contributed by atoms with Crippen LogP contribution in [0, 0.1) is 5.82 Å². The van der Waals surface area contributed by atoms with E-state index in [4.69, 9.17) is 5.73 Å². The molecule has 5 nitrogen and oxygen atoms in total. The van der Waals surface area contributed by atoms with E-state index in [1.165, 1.54) is 18.2 Å². The van der Waals surface area contributed by atoms with E-state index >= 15 is 0 Å². The van der Waals surface area contributed by atoms with Gasteiger partial charge in [0.2, 0.25) is 5.91 Å². The SMILES string of the molecule is NC(=O)CC(O)C(O)c1cccc(C=O)c1F. The van der Waals surface area contributed by atoms with Crippen LogP contribution < -0.4 is 5.73 Å². The van der Waals surface area contributed by atoms with Gasteiger partial charge >= 0.3 is 0 Å². The van der Waals surface area contributed by atoms with Crippen LogP contribution in [-0.4, -0.2) is 28.5 Å². The zero-order valence-corrected chi connectivity index (χ0v) is 8.84. The van der Waals surface area contributed by atoms with Crippen LogP contribution in [0.4, 0.5) is 4.39 Å². The molecule has 0 aliphatic rings. The van der Waals surface area contributed by atoms with Crippen molar-refractivity contribution in [2.24, 2.45) is 5.73 Å². The number of halogens is 1. The molecule has 17 heavy (non-hydrogen) atoms. The number of primary amides is 1. The first kappa shape index (κ1) is 13.3. The lowest BCUT2D eigenvalue weighted by atomic mass is 9.99. The highest BCUT2D eigenvalue weighted by atomic mass is 19.1. The molecular formula is C11H12FNO4. The summed E-state index contributed by atoms with van der Waals surface area (Å²) < 4.78 is 13.6. The van der Waals surface area contributed by atoms with Gasteiger partial charge in [-0.25, -0.2) is 4.39 Å². The molecule has 0 saturated heterocycles. The van der Waals surface area contributed by atoms with Crippen LogP contribution in [0.5, 0.6) is 0 Å². The number of carbonyl (C=O) groups excluding carboxylic acids is 2. The number of aliphatic hydroxyl groups is 2. The maximum atomic E-state index is 13.6. The number of carbonyl (C=O) groups is 2. The number of aldehydes is 1. The Morgan fingerprint density at radius 2 is 2.12 bits per heavy atom. The van der Waals surface area contributed by atoms with Crippen LogP contribution in [0.2, 0.25) is 0 Å². The summed E-state index contributed by atoms with van der Waals surface area (Å²) >= 11 is 0. The Morgan fingerprint density at radius 1 is 1.47 bits per heavy atom. The smallest absolute Gasteiger partial charge is 0.220 e. The molecule has 1 rings (SSSR count). The number of amides is 1. The van der Waals surface area contributed by atoms with Gasteiger partial charge in [0.15, 0.2) is 6.29 Å². The van der Waals surface area contributed by atoms with Crippen LogP contribution in [0.1, 0.15) is 28.4 Å². The van der Waals surface area contributed by atoms with Crippen molar-refractivity contribution in [2.75, 3.05) is 0 Å². The minimum atomic E-state index is -1.61. The van der Waals surface area contributed by atoms with Crippen LogP contribution in [0.3, 0.4) is 0 Å². The lowest BCUT2D eigenvalue weighted by Crippen LogP contribution is -2.26. The lowest BCUT2D eigenvalue weighted by Gasteiger charge is -2.17. The normalized spacial score (nSPS) is 14.1. The van der Waals surface area contributed by atoms with Crippen molar-refractivity contribution in [3.8, 4) is 0 Å². The molecule has 0 bridgehead atoms. The number of nitrogens with two attached hydrogens (primary N) is 1. The summed E-state index contributed by atoms with van der Waals surface area (Å²) in [6, 6.07) is 3.82. The average molecular weight is 241 g/mol. The van der Waals surface area contributed by atoms with Gasteiger partial charge in [-0.1, -0.05) is 12.1 Å². The maximum absolute atomic E-state index is 13.6. The Balaban J connectivity index is 2.99. The zero-order valence-electron chi connectivity index (χ0n) is 8.84. The van der Waals surface area contributed by atoms with E-state index in [-0.39, 0.29) is 11.1 Å². The maximum Gasteiger partial charge on any atom is 0.220 e. The predicted molar refractivity (Wildman–Crippen MR) is 56.6 cm³/mol. The first-order chi connectivity index (χ1) is 7.97. The van der Waals surface area contributed by atoms with Crippen LogP contribution in [-0.2, 0) is 4.79 Å². The Kier molecular flexibility index (Phi) is 4.30. The van der Waals surface area contributed by atoms with Crippen LogP contribution in [0.15, 0.2) is 18.2 Å². The standard InChI is InChI=1S/C11H12FNO4/c12-10-6(5-14)2-1-3-7(10)11(17)8(15)4-9(13)16/h1-3,5,8,11,15,17H,4H2,(H2,13,16). The van der Waals surface area contributed by atoms with E-state index in [2.05, 4.69) is 0 Å². The number of benzene rings is 1. The van der Waals surface area contributed by atoms with Gasteiger partial charge in [0.1, 0.15) is 11.9 Å². The lowest BCUT2D eigenvalue weighted by molar-refractivity contribution is -0.121. The minimum Gasteiger partial charge on any atom is -0.390 e. The Hall–Kier alpha value is -1.79. The highest BCUT2D eigenvalue weighted by Crippen LogP contribution is 2.23. The monoisotopic (exact) mass is 241 g/mol. The first-order valence-electron chi connectivity index (χ1n) is 4.85. The van der Waals surface area contributed by atoms with E-state index in [0.29, 0.717) is 6.29 Å². The summed E-state index contributed by atoms with van der Waals surface area (Å²) in [5.74, 6) is -1.73. The fraction of sp³-hybridized carbons (Fsp3) is 0.273. The van der Waals surface area contributed by atoms with Crippen molar-refractivity contribution >= 4 is 12.2 Å². The number of aliphatic hydroxyl groups excluding tert-OH is 2. The summed E-state index contributed by atoms with van der Waals surface area (Å²) in [4.78, 5) is 21.0. The number of hydrogen-bond acceptors (Lipinski definition) is 4. The summed E-state index contributed by atoms with van der Waals surface area (Å²) in [7, 11) is 0. The summed E-state index contributed by atoms with van der Waals surface area (Å²) in [6.45, 7) is 0. The molecule has 1 aromatic rings. The highest BCUT2D eigenvalue weighted by Gasteiger charge is 2.24. The molecule has 1 amide bonds. The van der Waals surface area contributed by atoms with Gasteiger partial charge < -0.3 is 15.9 Å². The molecular weight excluding hydrogens is 229 g/mol. The largest absolute Gasteiger partial charge is 0.390 e. The van der Waals surface area contributed by atoms with E-state index in [0.717, 1.165) is 0 Å². The molecule has 0 spiro atoms. The molecule has 2 unspecified atom stereocenters. The third kappa shape index (κ3) is 3.08. The van der Waals surface area contributed by atoms with Gasteiger partial charge in [0.05, 0.1) is 18.1 Å². The predicted octanol–water partition coefficient (Wildman–Crippen LogP) is -0.0921.